The highest BCUT2D eigenvalue weighted by molar-refractivity contribution is 9.10. The van der Waals surface area contributed by atoms with E-state index >= 15 is 0 Å². The number of rotatable bonds is 4. The molecule has 4 rings (SSSR count). The Morgan fingerprint density at radius 3 is 2.85 bits per heavy atom. The van der Waals surface area contributed by atoms with Crippen molar-refractivity contribution >= 4 is 49.5 Å². The maximum absolute atomic E-state index is 12.3. The highest BCUT2D eigenvalue weighted by Crippen LogP contribution is 2.28. The summed E-state index contributed by atoms with van der Waals surface area (Å²) in [5, 5.41) is 6.98. The summed E-state index contributed by atoms with van der Waals surface area (Å²) in [7, 11) is 0. The first-order valence-corrected chi connectivity index (χ1v) is 9.96. The maximum Gasteiger partial charge on any atom is 0.339 e. The number of halogens is 1. The Kier molecular flexibility index (Phi) is 4.66. The second-order valence-corrected chi connectivity index (χ2v) is 7.98. The van der Waals surface area contributed by atoms with E-state index in [2.05, 4.69) is 26.0 Å². The highest BCUT2D eigenvalue weighted by Gasteiger charge is 2.14. The lowest BCUT2D eigenvalue weighted by molar-refractivity contribution is 0.0466. The summed E-state index contributed by atoms with van der Waals surface area (Å²) in [4.78, 5) is 30.3. The van der Waals surface area contributed by atoms with Crippen LogP contribution in [-0.2, 0) is 11.3 Å². The van der Waals surface area contributed by atoms with Crippen molar-refractivity contribution < 1.29 is 9.53 Å². The van der Waals surface area contributed by atoms with E-state index in [-0.39, 0.29) is 12.2 Å². The third-order valence-electron chi connectivity index (χ3n) is 3.47. The Labute approximate surface area is 163 Å². The van der Waals surface area contributed by atoms with Gasteiger partial charge < -0.3 is 4.74 Å². The lowest BCUT2D eigenvalue weighted by atomic mass is 10.2. The van der Waals surface area contributed by atoms with Crippen LogP contribution in [0.2, 0.25) is 0 Å². The first-order chi connectivity index (χ1) is 12.6. The normalized spacial score (nSPS) is 11.0. The van der Waals surface area contributed by atoms with Gasteiger partial charge in [0, 0.05) is 10.5 Å². The zero-order valence-corrected chi connectivity index (χ0v) is 16.3. The number of hydrogen-bond acceptors (Lipinski definition) is 7. The number of ether oxygens (including phenoxy) is 1. The molecule has 0 saturated carbocycles. The lowest BCUT2D eigenvalue weighted by Crippen LogP contribution is -2.16. The number of aromatic nitrogens is 3. The summed E-state index contributed by atoms with van der Waals surface area (Å²) in [6.07, 6.45) is 0. The number of carbonyl (C=O) groups excluding carboxylic acids is 1. The average molecular weight is 448 g/mol. The van der Waals surface area contributed by atoms with Crippen LogP contribution in [0.1, 0.15) is 16.1 Å². The Balaban J connectivity index is 1.58. The predicted octanol–water partition coefficient (Wildman–Crippen LogP) is 4.00. The standard InChI is InChI=1S/C17H10BrN3O3S2/c18-12-5-2-1-4-11(12)16(23)24-9-10-8-14(22)21-17(19-10)26-15(20-21)13-6-3-7-25-13/h1-8H,9H2. The zero-order valence-electron chi connectivity index (χ0n) is 13.1. The molecule has 0 aliphatic carbocycles. The zero-order chi connectivity index (χ0) is 18.1. The summed E-state index contributed by atoms with van der Waals surface area (Å²) in [5.41, 5.74) is 0.501. The van der Waals surface area contributed by atoms with Gasteiger partial charge in [-0.1, -0.05) is 29.5 Å². The molecule has 0 radical (unpaired) electrons. The molecule has 0 fully saturated rings. The van der Waals surface area contributed by atoms with Gasteiger partial charge in [0.05, 0.1) is 16.1 Å². The quantitative estimate of drug-likeness (QED) is 0.442. The van der Waals surface area contributed by atoms with Crippen molar-refractivity contribution in [2.24, 2.45) is 0 Å². The summed E-state index contributed by atoms with van der Waals surface area (Å²) in [6.45, 7) is -0.0852. The van der Waals surface area contributed by atoms with Crippen LogP contribution >= 0.6 is 38.6 Å². The van der Waals surface area contributed by atoms with Crippen LogP contribution in [-0.4, -0.2) is 20.6 Å². The molecule has 0 saturated heterocycles. The number of benzene rings is 1. The fourth-order valence-electron chi connectivity index (χ4n) is 2.27. The SMILES string of the molecule is O=C(OCc1cc(=O)n2nc(-c3cccs3)sc2n1)c1ccccc1Br. The van der Waals surface area contributed by atoms with E-state index in [1.807, 2.05) is 23.6 Å². The maximum atomic E-state index is 12.3. The molecule has 9 heteroatoms. The molecule has 26 heavy (non-hydrogen) atoms. The molecule has 0 unspecified atom stereocenters. The molecule has 0 N–H and O–H groups in total. The Morgan fingerprint density at radius 1 is 1.23 bits per heavy atom. The Hall–Kier alpha value is -2.36. The first kappa shape index (κ1) is 17.1. The van der Waals surface area contributed by atoms with Gasteiger partial charge in [0.2, 0.25) is 4.96 Å². The number of carbonyl (C=O) groups is 1. The Morgan fingerprint density at radius 2 is 2.08 bits per heavy atom. The van der Waals surface area contributed by atoms with Crippen LogP contribution < -0.4 is 5.56 Å². The van der Waals surface area contributed by atoms with Crippen molar-refractivity contribution in [3.63, 3.8) is 0 Å². The van der Waals surface area contributed by atoms with E-state index in [4.69, 9.17) is 4.74 Å². The smallest absolute Gasteiger partial charge is 0.339 e. The predicted molar refractivity (Wildman–Crippen MR) is 104 cm³/mol. The van der Waals surface area contributed by atoms with Crippen molar-refractivity contribution in [3.05, 3.63) is 73.9 Å². The van der Waals surface area contributed by atoms with Crippen LogP contribution in [0.15, 0.2) is 57.1 Å². The van der Waals surface area contributed by atoms with Crippen LogP contribution in [0.5, 0.6) is 0 Å². The van der Waals surface area contributed by atoms with E-state index in [1.54, 1.807) is 29.5 Å². The van der Waals surface area contributed by atoms with Crippen LogP contribution in [0.25, 0.3) is 14.8 Å². The number of thiophene rings is 1. The molecular weight excluding hydrogens is 438 g/mol. The van der Waals surface area contributed by atoms with Gasteiger partial charge in [0.1, 0.15) is 6.61 Å². The minimum absolute atomic E-state index is 0.0852. The molecule has 1 aromatic carbocycles. The van der Waals surface area contributed by atoms with Gasteiger partial charge in [-0.15, -0.1) is 11.3 Å². The number of esters is 1. The van der Waals surface area contributed by atoms with E-state index in [0.29, 0.717) is 20.7 Å². The largest absolute Gasteiger partial charge is 0.456 e. The molecule has 130 valence electrons. The van der Waals surface area contributed by atoms with Gasteiger partial charge in [0.15, 0.2) is 5.01 Å². The first-order valence-electron chi connectivity index (χ1n) is 7.47. The summed E-state index contributed by atoms with van der Waals surface area (Å²) < 4.78 is 7.20. The minimum Gasteiger partial charge on any atom is -0.456 e. The second kappa shape index (κ2) is 7.10. The van der Waals surface area contributed by atoms with Gasteiger partial charge in [-0.05, 0) is 39.5 Å². The fraction of sp³-hybridized carbons (Fsp3) is 0.0588. The van der Waals surface area contributed by atoms with Gasteiger partial charge in [-0.3, -0.25) is 4.79 Å². The van der Waals surface area contributed by atoms with Crippen molar-refractivity contribution in [2.75, 3.05) is 0 Å². The second-order valence-electron chi connectivity index (χ2n) is 5.22. The molecule has 0 atom stereocenters. The molecule has 3 heterocycles. The molecule has 0 spiro atoms. The van der Waals surface area contributed by atoms with Crippen molar-refractivity contribution in [1.82, 2.24) is 14.6 Å². The summed E-state index contributed by atoms with van der Waals surface area (Å²) >= 11 is 6.18. The molecule has 6 nitrogen and oxygen atoms in total. The molecule has 4 aromatic rings. The summed E-state index contributed by atoms with van der Waals surface area (Å²) in [5.74, 6) is -0.483. The van der Waals surface area contributed by atoms with Gasteiger partial charge in [-0.2, -0.15) is 9.61 Å². The van der Waals surface area contributed by atoms with E-state index in [1.165, 1.54) is 21.9 Å². The molecule has 0 aliphatic heterocycles. The summed E-state index contributed by atoms with van der Waals surface area (Å²) in [6, 6.07) is 12.2. The lowest BCUT2D eigenvalue weighted by Gasteiger charge is -2.05. The van der Waals surface area contributed by atoms with Crippen LogP contribution in [0, 0.1) is 0 Å². The monoisotopic (exact) mass is 447 g/mol. The van der Waals surface area contributed by atoms with Crippen LogP contribution in [0.3, 0.4) is 0 Å². The van der Waals surface area contributed by atoms with Gasteiger partial charge in [-0.25, -0.2) is 9.78 Å². The van der Waals surface area contributed by atoms with E-state index in [9.17, 15) is 9.59 Å². The number of hydrogen-bond donors (Lipinski definition) is 0. The molecule has 0 amide bonds. The average Bonchev–Trinajstić information content (AvgIpc) is 3.29. The molecule has 0 bridgehead atoms. The molecule has 3 aromatic heterocycles. The van der Waals surface area contributed by atoms with Crippen LogP contribution in [0.4, 0.5) is 0 Å². The highest BCUT2D eigenvalue weighted by atomic mass is 79.9. The Bertz CT molecular complexity index is 1150. The van der Waals surface area contributed by atoms with Gasteiger partial charge >= 0.3 is 5.97 Å². The van der Waals surface area contributed by atoms with E-state index in [0.717, 1.165) is 9.88 Å². The van der Waals surface area contributed by atoms with Crippen molar-refractivity contribution in [2.45, 2.75) is 6.61 Å². The minimum atomic E-state index is -0.483. The third kappa shape index (κ3) is 3.33. The number of nitrogens with zero attached hydrogens (tertiary/aromatic N) is 3. The van der Waals surface area contributed by atoms with Gasteiger partial charge in [0.25, 0.3) is 5.56 Å². The van der Waals surface area contributed by atoms with Crippen molar-refractivity contribution in [3.8, 4) is 9.88 Å². The third-order valence-corrected chi connectivity index (χ3v) is 6.11. The van der Waals surface area contributed by atoms with E-state index < -0.39 is 5.97 Å². The number of fused-ring (bicyclic) bond motifs is 1. The fourth-order valence-corrected chi connectivity index (χ4v) is 4.44. The molecule has 0 aliphatic rings. The topological polar surface area (TPSA) is 73.6 Å². The van der Waals surface area contributed by atoms with Crippen molar-refractivity contribution in [1.29, 1.82) is 0 Å². The molecular formula is C17H10BrN3O3S2.